The van der Waals surface area contributed by atoms with E-state index in [1.165, 1.54) is 4.57 Å². The van der Waals surface area contributed by atoms with E-state index in [-0.39, 0.29) is 18.2 Å². The van der Waals surface area contributed by atoms with Crippen LogP contribution >= 0.6 is 0 Å². The lowest BCUT2D eigenvalue weighted by Gasteiger charge is -2.32. The lowest BCUT2D eigenvalue weighted by atomic mass is 9.89. The van der Waals surface area contributed by atoms with E-state index in [0.717, 1.165) is 0 Å². The van der Waals surface area contributed by atoms with E-state index in [1.807, 2.05) is 20.8 Å². The van der Waals surface area contributed by atoms with E-state index in [1.54, 1.807) is 12.4 Å². The number of aromatic amines is 1. The lowest BCUT2D eigenvalue weighted by molar-refractivity contribution is 0.0995. The van der Waals surface area contributed by atoms with Gasteiger partial charge in [-0.1, -0.05) is 13.8 Å². The van der Waals surface area contributed by atoms with Crippen molar-refractivity contribution in [2.24, 2.45) is 5.92 Å². The number of aliphatic hydroxyl groups excluding tert-OH is 1. The summed E-state index contributed by atoms with van der Waals surface area (Å²) in [6, 6.07) is 0. The van der Waals surface area contributed by atoms with Crippen LogP contribution in [-0.4, -0.2) is 21.3 Å². The largest absolute Gasteiger partial charge is 0.394 e. The van der Waals surface area contributed by atoms with Gasteiger partial charge in [0.25, 0.3) is 0 Å². The summed E-state index contributed by atoms with van der Waals surface area (Å²) in [7, 11) is 0. The van der Waals surface area contributed by atoms with E-state index in [2.05, 4.69) is 4.98 Å². The minimum atomic E-state index is -0.517. The second kappa shape index (κ2) is 3.38. The Kier molecular flexibility index (Phi) is 2.61. The molecule has 1 rings (SSSR count). The number of rotatable bonds is 3. The standard InChI is InChI=1S/C9H16N2O2/c1-7(2)9(3,6-12)11-5-4-10-8(11)13/h4-5,7,12H,6H2,1-3H3,(H,10,13). The predicted molar refractivity (Wildman–Crippen MR) is 50.6 cm³/mol. The van der Waals surface area contributed by atoms with Crippen molar-refractivity contribution in [3.05, 3.63) is 22.9 Å². The first-order valence-corrected chi connectivity index (χ1v) is 4.39. The minimum absolute atomic E-state index is 0.0393. The Balaban J connectivity index is 3.17. The maximum Gasteiger partial charge on any atom is 0.326 e. The van der Waals surface area contributed by atoms with Crippen LogP contribution in [0.2, 0.25) is 0 Å². The van der Waals surface area contributed by atoms with Crippen LogP contribution in [0.1, 0.15) is 20.8 Å². The molecule has 1 aromatic heterocycles. The predicted octanol–water partition coefficient (Wildman–Crippen LogP) is 0.540. The van der Waals surface area contributed by atoms with Gasteiger partial charge in [0.2, 0.25) is 0 Å². The third-order valence-corrected chi connectivity index (χ3v) is 2.76. The van der Waals surface area contributed by atoms with E-state index in [0.29, 0.717) is 0 Å². The molecule has 1 aromatic rings. The topological polar surface area (TPSA) is 58.0 Å². The van der Waals surface area contributed by atoms with Gasteiger partial charge < -0.3 is 10.1 Å². The Morgan fingerprint density at radius 1 is 1.69 bits per heavy atom. The van der Waals surface area contributed by atoms with E-state index < -0.39 is 5.54 Å². The molecule has 0 aromatic carbocycles. The molecule has 0 radical (unpaired) electrons. The van der Waals surface area contributed by atoms with Crippen LogP contribution in [0.4, 0.5) is 0 Å². The molecule has 1 atom stereocenters. The number of hydrogen-bond acceptors (Lipinski definition) is 2. The average molecular weight is 184 g/mol. The van der Waals surface area contributed by atoms with Crippen molar-refractivity contribution in [2.45, 2.75) is 26.3 Å². The fraction of sp³-hybridized carbons (Fsp3) is 0.667. The number of H-pyrrole nitrogens is 1. The van der Waals surface area contributed by atoms with Gasteiger partial charge in [-0.15, -0.1) is 0 Å². The van der Waals surface area contributed by atoms with Gasteiger partial charge in [0, 0.05) is 12.4 Å². The van der Waals surface area contributed by atoms with Gasteiger partial charge in [0.15, 0.2) is 0 Å². The van der Waals surface area contributed by atoms with E-state index in [9.17, 15) is 9.90 Å². The van der Waals surface area contributed by atoms with Gasteiger partial charge in [-0.05, 0) is 12.8 Å². The summed E-state index contributed by atoms with van der Waals surface area (Å²) in [5.41, 5.74) is -0.692. The Labute approximate surface area is 77.2 Å². The fourth-order valence-corrected chi connectivity index (χ4v) is 1.26. The van der Waals surface area contributed by atoms with Crippen molar-refractivity contribution in [3.8, 4) is 0 Å². The third-order valence-electron chi connectivity index (χ3n) is 2.76. The fourth-order valence-electron chi connectivity index (χ4n) is 1.26. The lowest BCUT2D eigenvalue weighted by Crippen LogP contribution is -2.44. The molecule has 1 unspecified atom stereocenters. The van der Waals surface area contributed by atoms with Gasteiger partial charge in [-0.25, -0.2) is 4.79 Å². The van der Waals surface area contributed by atoms with Gasteiger partial charge in [-0.3, -0.25) is 4.57 Å². The number of aliphatic hydroxyl groups is 1. The van der Waals surface area contributed by atoms with Crippen LogP contribution < -0.4 is 5.69 Å². The summed E-state index contributed by atoms with van der Waals surface area (Å²) < 4.78 is 1.54. The molecule has 4 heteroatoms. The van der Waals surface area contributed by atoms with Crippen molar-refractivity contribution < 1.29 is 5.11 Å². The summed E-state index contributed by atoms with van der Waals surface area (Å²) in [5.74, 6) is 0.200. The van der Waals surface area contributed by atoms with Crippen molar-refractivity contribution in [1.29, 1.82) is 0 Å². The molecule has 4 nitrogen and oxygen atoms in total. The maximum atomic E-state index is 11.3. The molecule has 0 bridgehead atoms. The second-order valence-corrected chi connectivity index (χ2v) is 3.81. The van der Waals surface area contributed by atoms with Crippen molar-refractivity contribution >= 4 is 0 Å². The molecule has 0 aliphatic heterocycles. The Bertz CT molecular complexity index is 326. The number of nitrogens with one attached hydrogen (secondary N) is 1. The van der Waals surface area contributed by atoms with E-state index >= 15 is 0 Å². The third kappa shape index (κ3) is 1.54. The number of nitrogens with zero attached hydrogens (tertiary/aromatic N) is 1. The zero-order chi connectivity index (χ0) is 10.1. The quantitative estimate of drug-likeness (QED) is 0.720. The SMILES string of the molecule is CC(C)C(C)(CO)n1cc[nH]c1=O. The number of aromatic nitrogens is 2. The number of hydrogen-bond donors (Lipinski definition) is 2. The van der Waals surface area contributed by atoms with Crippen molar-refractivity contribution in [2.75, 3.05) is 6.61 Å². The summed E-state index contributed by atoms with van der Waals surface area (Å²) in [4.78, 5) is 13.9. The molecule has 0 fully saturated rings. The molecule has 0 aliphatic carbocycles. The second-order valence-electron chi connectivity index (χ2n) is 3.81. The molecule has 0 amide bonds. The summed E-state index contributed by atoms with van der Waals surface area (Å²) in [5, 5.41) is 9.28. The van der Waals surface area contributed by atoms with Crippen LogP contribution in [0.25, 0.3) is 0 Å². The maximum absolute atomic E-state index is 11.3. The molecule has 2 N–H and O–H groups in total. The van der Waals surface area contributed by atoms with Gasteiger partial charge >= 0.3 is 5.69 Å². The average Bonchev–Trinajstić information content (AvgIpc) is 2.50. The highest BCUT2D eigenvalue weighted by molar-refractivity contribution is 4.91. The molecule has 1 heterocycles. The molecule has 13 heavy (non-hydrogen) atoms. The van der Waals surface area contributed by atoms with Crippen LogP contribution in [0.15, 0.2) is 17.2 Å². The first-order chi connectivity index (χ1) is 6.02. The molecular formula is C9H16N2O2. The van der Waals surface area contributed by atoms with Crippen molar-refractivity contribution in [1.82, 2.24) is 9.55 Å². The number of imidazole rings is 1. The first kappa shape index (κ1) is 10.1. The van der Waals surface area contributed by atoms with Gasteiger partial charge in [-0.2, -0.15) is 0 Å². The van der Waals surface area contributed by atoms with Crippen LogP contribution in [0.3, 0.4) is 0 Å². The highest BCUT2D eigenvalue weighted by atomic mass is 16.3. The molecule has 0 aliphatic rings. The minimum Gasteiger partial charge on any atom is -0.394 e. The van der Waals surface area contributed by atoms with E-state index in [4.69, 9.17) is 0 Å². The summed E-state index contributed by atoms with van der Waals surface area (Å²) in [6.07, 6.45) is 3.25. The monoisotopic (exact) mass is 184 g/mol. The summed E-state index contributed by atoms with van der Waals surface area (Å²) >= 11 is 0. The van der Waals surface area contributed by atoms with Gasteiger partial charge in [0.1, 0.15) is 0 Å². The normalized spacial score (nSPS) is 16.1. The molecule has 0 spiro atoms. The summed E-state index contributed by atoms with van der Waals surface area (Å²) in [6.45, 7) is 5.79. The highest BCUT2D eigenvalue weighted by Gasteiger charge is 2.30. The van der Waals surface area contributed by atoms with Crippen LogP contribution in [-0.2, 0) is 5.54 Å². The Morgan fingerprint density at radius 2 is 2.31 bits per heavy atom. The van der Waals surface area contributed by atoms with Gasteiger partial charge in [0.05, 0.1) is 12.1 Å². The van der Waals surface area contributed by atoms with Crippen LogP contribution in [0.5, 0.6) is 0 Å². The highest BCUT2D eigenvalue weighted by Crippen LogP contribution is 2.22. The van der Waals surface area contributed by atoms with Crippen molar-refractivity contribution in [3.63, 3.8) is 0 Å². The zero-order valence-electron chi connectivity index (χ0n) is 8.24. The molecule has 0 saturated carbocycles. The Hall–Kier alpha value is -1.03. The molecule has 0 saturated heterocycles. The zero-order valence-corrected chi connectivity index (χ0v) is 8.24. The molecular weight excluding hydrogens is 168 g/mol. The smallest absolute Gasteiger partial charge is 0.326 e. The molecule has 74 valence electrons. The van der Waals surface area contributed by atoms with Crippen LogP contribution in [0, 0.1) is 5.92 Å². The first-order valence-electron chi connectivity index (χ1n) is 4.39. The Morgan fingerprint density at radius 3 is 2.62 bits per heavy atom.